The fraction of sp³-hybridized carbons (Fsp3) is 0.414. The first-order chi connectivity index (χ1) is 18.3. The van der Waals surface area contributed by atoms with Gasteiger partial charge in [-0.15, -0.1) is 0 Å². The summed E-state index contributed by atoms with van der Waals surface area (Å²) in [6.45, 7) is 11.1. The van der Waals surface area contributed by atoms with Crippen molar-refractivity contribution >= 4 is 40.3 Å². The van der Waals surface area contributed by atoms with Crippen molar-refractivity contribution in [1.82, 2.24) is 14.9 Å². The second kappa shape index (κ2) is 11.0. The minimum atomic E-state index is -0.670. The van der Waals surface area contributed by atoms with Crippen molar-refractivity contribution in [2.45, 2.75) is 40.2 Å². The lowest BCUT2D eigenvalue weighted by Crippen LogP contribution is -2.50. The number of halogens is 1. The Morgan fingerprint density at radius 1 is 1.00 bits per heavy atom. The molecule has 0 radical (unpaired) electrons. The maximum atomic E-state index is 14.7. The predicted octanol–water partition coefficient (Wildman–Crippen LogP) is 4.68. The molecule has 1 saturated heterocycles. The minimum Gasteiger partial charge on any atom is -0.444 e. The summed E-state index contributed by atoms with van der Waals surface area (Å²) in [5.74, 6) is -0.942. The summed E-state index contributed by atoms with van der Waals surface area (Å²) >= 11 is 0. The maximum absolute atomic E-state index is 14.7. The number of ether oxygens (including phenoxy) is 1. The highest BCUT2D eigenvalue weighted by molar-refractivity contribution is 6.11. The molecule has 1 fully saturated rings. The molecule has 1 aliphatic rings. The van der Waals surface area contributed by atoms with Crippen LogP contribution in [0.1, 0.15) is 50.5 Å². The first kappa shape index (κ1) is 27.9. The molecule has 1 aliphatic heterocycles. The maximum Gasteiger partial charge on any atom is 0.410 e. The van der Waals surface area contributed by atoms with E-state index < -0.39 is 17.2 Å². The van der Waals surface area contributed by atoms with Crippen LogP contribution in [0.15, 0.2) is 42.6 Å². The standard InChI is InChI=1S/C29H34FN5O4/c1-18(2)27(37)33(6)20-8-9-22(30)21(16-20)26(36)19-7-10-23-24(15-19)32-25(17-31-23)34-11-13-35(14-12-34)28(38)39-29(3,4)5/h7-10,15-18H,11-14H2,1-6H3. The van der Waals surface area contributed by atoms with Gasteiger partial charge in [0.15, 0.2) is 5.78 Å². The molecular formula is C29H34FN5O4. The van der Waals surface area contributed by atoms with Crippen molar-refractivity contribution < 1.29 is 23.5 Å². The summed E-state index contributed by atoms with van der Waals surface area (Å²) in [7, 11) is 1.60. The summed E-state index contributed by atoms with van der Waals surface area (Å²) < 4.78 is 20.2. The molecule has 0 N–H and O–H groups in total. The number of fused-ring (bicyclic) bond motifs is 1. The van der Waals surface area contributed by atoms with Crippen LogP contribution in [0.4, 0.5) is 20.7 Å². The summed E-state index contributed by atoms with van der Waals surface area (Å²) in [5.41, 5.74) is 1.11. The molecule has 2 aromatic carbocycles. The normalized spacial score (nSPS) is 14.1. The molecule has 4 rings (SSSR count). The Balaban J connectivity index is 1.54. The van der Waals surface area contributed by atoms with Crippen LogP contribution in [0.2, 0.25) is 0 Å². The van der Waals surface area contributed by atoms with Gasteiger partial charge >= 0.3 is 6.09 Å². The van der Waals surface area contributed by atoms with Crippen LogP contribution in [-0.2, 0) is 9.53 Å². The lowest BCUT2D eigenvalue weighted by molar-refractivity contribution is -0.121. The van der Waals surface area contributed by atoms with Crippen molar-refractivity contribution in [2.24, 2.45) is 5.92 Å². The third-order valence-electron chi connectivity index (χ3n) is 6.45. The number of ketones is 1. The lowest BCUT2D eigenvalue weighted by atomic mass is 10.0. The molecule has 0 unspecified atom stereocenters. The average Bonchev–Trinajstić information content (AvgIpc) is 2.90. The van der Waals surface area contributed by atoms with Gasteiger partial charge in [-0.1, -0.05) is 13.8 Å². The van der Waals surface area contributed by atoms with Gasteiger partial charge in [0.2, 0.25) is 5.91 Å². The molecule has 0 bridgehead atoms. The van der Waals surface area contributed by atoms with Gasteiger partial charge in [0, 0.05) is 50.4 Å². The minimum absolute atomic E-state index is 0.127. The first-order valence-corrected chi connectivity index (χ1v) is 13.0. The molecule has 0 spiro atoms. The number of amides is 2. The van der Waals surface area contributed by atoms with Crippen LogP contribution < -0.4 is 9.80 Å². The van der Waals surface area contributed by atoms with Crippen LogP contribution in [0.25, 0.3) is 11.0 Å². The second-order valence-electron chi connectivity index (χ2n) is 10.9. The van der Waals surface area contributed by atoms with E-state index in [1.165, 1.54) is 23.1 Å². The third kappa shape index (κ3) is 6.32. The molecule has 2 amide bonds. The fourth-order valence-corrected chi connectivity index (χ4v) is 4.31. The van der Waals surface area contributed by atoms with E-state index >= 15 is 0 Å². The summed E-state index contributed by atoms with van der Waals surface area (Å²) in [6.07, 6.45) is 1.32. The van der Waals surface area contributed by atoms with Gasteiger partial charge in [0.25, 0.3) is 0 Å². The van der Waals surface area contributed by atoms with Crippen molar-refractivity contribution in [3.8, 4) is 0 Å². The Morgan fingerprint density at radius 2 is 1.69 bits per heavy atom. The quantitative estimate of drug-likeness (QED) is 0.438. The van der Waals surface area contributed by atoms with Crippen molar-refractivity contribution in [2.75, 3.05) is 43.0 Å². The van der Waals surface area contributed by atoms with E-state index in [2.05, 4.69) is 4.98 Å². The van der Waals surface area contributed by atoms with Crippen LogP contribution in [-0.4, -0.2) is 71.5 Å². The Hall–Kier alpha value is -4.08. The number of carbonyl (C=O) groups is 3. The zero-order valence-corrected chi connectivity index (χ0v) is 23.2. The molecular weight excluding hydrogens is 501 g/mol. The zero-order chi connectivity index (χ0) is 28.5. The van der Waals surface area contributed by atoms with Gasteiger partial charge in [-0.3, -0.25) is 14.6 Å². The molecule has 9 nitrogen and oxygen atoms in total. The highest BCUT2D eigenvalue weighted by Crippen LogP contribution is 2.24. The van der Waals surface area contributed by atoms with E-state index in [1.54, 1.807) is 50.2 Å². The summed E-state index contributed by atoms with van der Waals surface area (Å²) in [4.78, 5) is 52.4. The number of anilines is 2. The zero-order valence-electron chi connectivity index (χ0n) is 23.2. The van der Waals surface area contributed by atoms with Gasteiger partial charge in [0.05, 0.1) is 22.8 Å². The van der Waals surface area contributed by atoms with Gasteiger partial charge < -0.3 is 19.4 Å². The average molecular weight is 536 g/mol. The molecule has 1 aromatic heterocycles. The van der Waals surface area contributed by atoms with E-state index in [4.69, 9.17) is 9.72 Å². The fourth-order valence-electron chi connectivity index (χ4n) is 4.31. The smallest absolute Gasteiger partial charge is 0.410 e. The third-order valence-corrected chi connectivity index (χ3v) is 6.45. The van der Waals surface area contributed by atoms with Gasteiger partial charge in [-0.05, 0) is 57.2 Å². The molecule has 39 heavy (non-hydrogen) atoms. The number of hydrogen-bond acceptors (Lipinski definition) is 7. The highest BCUT2D eigenvalue weighted by Gasteiger charge is 2.27. The number of aromatic nitrogens is 2. The number of rotatable bonds is 5. The monoisotopic (exact) mass is 535 g/mol. The predicted molar refractivity (Wildman–Crippen MR) is 148 cm³/mol. The summed E-state index contributed by atoms with van der Waals surface area (Å²) in [5, 5.41) is 0. The van der Waals surface area contributed by atoms with E-state index in [-0.39, 0.29) is 29.0 Å². The topological polar surface area (TPSA) is 95.9 Å². The van der Waals surface area contributed by atoms with E-state index in [1.807, 2.05) is 25.7 Å². The molecule has 3 aromatic rings. The molecule has 10 heteroatoms. The highest BCUT2D eigenvalue weighted by atomic mass is 19.1. The van der Waals surface area contributed by atoms with Gasteiger partial charge in [-0.25, -0.2) is 14.2 Å². The van der Waals surface area contributed by atoms with Crippen molar-refractivity contribution in [3.63, 3.8) is 0 Å². The Morgan fingerprint density at radius 3 is 2.33 bits per heavy atom. The van der Waals surface area contributed by atoms with Crippen LogP contribution in [0.5, 0.6) is 0 Å². The molecule has 2 heterocycles. The van der Waals surface area contributed by atoms with Crippen LogP contribution in [0.3, 0.4) is 0 Å². The number of piperazine rings is 1. The number of benzene rings is 2. The van der Waals surface area contributed by atoms with Crippen molar-refractivity contribution in [3.05, 3.63) is 59.5 Å². The SMILES string of the molecule is CC(C)C(=O)N(C)c1ccc(F)c(C(=O)c2ccc3ncc(N4CCN(C(=O)OC(C)(C)C)CC4)nc3c2)c1. The number of nitrogens with zero attached hydrogens (tertiary/aromatic N) is 5. The number of carbonyl (C=O) groups excluding carboxylic acids is 3. The Labute approximate surface area is 227 Å². The largest absolute Gasteiger partial charge is 0.444 e. The van der Waals surface area contributed by atoms with E-state index in [0.29, 0.717) is 48.7 Å². The molecule has 0 atom stereocenters. The Bertz CT molecular complexity index is 1410. The lowest BCUT2D eigenvalue weighted by Gasteiger charge is -2.36. The molecule has 206 valence electrons. The summed E-state index contributed by atoms with van der Waals surface area (Å²) in [6, 6.07) is 8.94. The second-order valence-corrected chi connectivity index (χ2v) is 10.9. The molecule has 0 aliphatic carbocycles. The van der Waals surface area contributed by atoms with Crippen LogP contribution in [0, 0.1) is 11.7 Å². The van der Waals surface area contributed by atoms with E-state index in [0.717, 1.165) is 0 Å². The van der Waals surface area contributed by atoms with Gasteiger partial charge in [0.1, 0.15) is 17.2 Å². The number of hydrogen-bond donors (Lipinski definition) is 0. The molecule has 0 saturated carbocycles. The first-order valence-electron chi connectivity index (χ1n) is 13.0. The Kier molecular flexibility index (Phi) is 7.85. The van der Waals surface area contributed by atoms with E-state index in [9.17, 15) is 18.8 Å². The van der Waals surface area contributed by atoms with Crippen LogP contribution >= 0.6 is 0 Å². The van der Waals surface area contributed by atoms with Crippen molar-refractivity contribution in [1.29, 1.82) is 0 Å². The van der Waals surface area contributed by atoms with Gasteiger partial charge in [-0.2, -0.15) is 0 Å².